The molecule has 0 saturated heterocycles. The molecular formula is C24H16F2N2. The van der Waals surface area contributed by atoms with Crippen LogP contribution in [0.1, 0.15) is 23.6 Å². The van der Waals surface area contributed by atoms with Crippen LogP contribution in [0.15, 0.2) is 67.0 Å². The van der Waals surface area contributed by atoms with Crippen LogP contribution in [0.4, 0.5) is 8.78 Å². The second kappa shape index (κ2) is 7.58. The van der Waals surface area contributed by atoms with E-state index in [2.05, 4.69) is 21.8 Å². The Hall–Kier alpha value is -3.58. The molecule has 0 N–H and O–H groups in total. The highest BCUT2D eigenvalue weighted by atomic mass is 19.1. The Balaban J connectivity index is 1.61. The molecule has 0 bridgehead atoms. The molecule has 28 heavy (non-hydrogen) atoms. The average molecular weight is 370 g/mol. The first kappa shape index (κ1) is 17.8. The summed E-state index contributed by atoms with van der Waals surface area (Å²) in [5.41, 5.74) is 2.68. The summed E-state index contributed by atoms with van der Waals surface area (Å²) in [4.78, 5) is 8.56. The summed E-state index contributed by atoms with van der Waals surface area (Å²) in [6.45, 7) is 2.03. The van der Waals surface area contributed by atoms with E-state index < -0.39 is 5.82 Å². The molecule has 1 aromatic heterocycles. The van der Waals surface area contributed by atoms with Crippen molar-refractivity contribution in [2.24, 2.45) is 0 Å². The van der Waals surface area contributed by atoms with Crippen molar-refractivity contribution in [2.45, 2.75) is 13.3 Å². The minimum Gasteiger partial charge on any atom is -0.236 e. The number of benzene rings is 3. The Morgan fingerprint density at radius 3 is 2.32 bits per heavy atom. The minimum atomic E-state index is -0.420. The lowest BCUT2D eigenvalue weighted by Gasteiger charge is -2.03. The van der Waals surface area contributed by atoms with Gasteiger partial charge in [-0.25, -0.2) is 18.7 Å². The third kappa shape index (κ3) is 3.74. The first-order chi connectivity index (χ1) is 13.6. The Labute approximate surface area is 161 Å². The summed E-state index contributed by atoms with van der Waals surface area (Å²) >= 11 is 0. The van der Waals surface area contributed by atoms with Crippen LogP contribution in [0.25, 0.3) is 22.2 Å². The predicted molar refractivity (Wildman–Crippen MR) is 107 cm³/mol. The van der Waals surface area contributed by atoms with E-state index in [1.165, 1.54) is 18.2 Å². The molecule has 2 nitrogen and oxygen atoms in total. The van der Waals surface area contributed by atoms with Crippen LogP contribution in [0.5, 0.6) is 0 Å². The Bertz CT molecular complexity index is 1220. The van der Waals surface area contributed by atoms with Gasteiger partial charge in [0.15, 0.2) is 5.82 Å². The number of nitrogens with zero attached hydrogens (tertiary/aromatic N) is 2. The number of aryl methyl sites for hydroxylation is 1. The number of rotatable bonds is 2. The predicted octanol–water partition coefficient (Wildman–Crippen LogP) is 5.54. The standard InChI is InChI=1S/C24H16F2N2/c1-2-16-14-27-24(28-15-16)21-8-7-18(23(26)13-21)5-3-17-4-6-20-12-22(25)10-9-19(20)11-17/h4,6-15H,2H2,1H3. The minimum absolute atomic E-state index is 0.276. The maximum atomic E-state index is 14.5. The van der Waals surface area contributed by atoms with Crippen molar-refractivity contribution in [3.63, 3.8) is 0 Å². The van der Waals surface area contributed by atoms with Crippen LogP contribution in [0.2, 0.25) is 0 Å². The average Bonchev–Trinajstić information content (AvgIpc) is 2.73. The Morgan fingerprint density at radius 1 is 0.821 bits per heavy atom. The molecular weight excluding hydrogens is 354 g/mol. The van der Waals surface area contributed by atoms with Gasteiger partial charge in [0.05, 0.1) is 5.56 Å². The molecule has 136 valence electrons. The molecule has 0 radical (unpaired) electrons. The summed E-state index contributed by atoms with van der Waals surface area (Å²) in [5.74, 6) is 5.62. The van der Waals surface area contributed by atoms with E-state index in [1.807, 2.05) is 13.0 Å². The normalized spacial score (nSPS) is 10.5. The van der Waals surface area contributed by atoms with Gasteiger partial charge in [-0.1, -0.05) is 30.9 Å². The fraction of sp³-hybridized carbons (Fsp3) is 0.0833. The van der Waals surface area contributed by atoms with Gasteiger partial charge < -0.3 is 0 Å². The molecule has 0 saturated carbocycles. The second-order valence-corrected chi connectivity index (χ2v) is 6.42. The molecule has 1 heterocycles. The maximum absolute atomic E-state index is 14.5. The molecule has 0 amide bonds. The van der Waals surface area contributed by atoms with Crippen LogP contribution >= 0.6 is 0 Å². The zero-order chi connectivity index (χ0) is 19.5. The summed E-state index contributed by atoms with van der Waals surface area (Å²) in [7, 11) is 0. The highest BCUT2D eigenvalue weighted by Crippen LogP contribution is 2.19. The molecule has 3 aromatic carbocycles. The van der Waals surface area contributed by atoms with Gasteiger partial charge in [0.1, 0.15) is 11.6 Å². The maximum Gasteiger partial charge on any atom is 0.159 e. The number of hydrogen-bond acceptors (Lipinski definition) is 2. The molecule has 0 fully saturated rings. The van der Waals surface area contributed by atoms with Gasteiger partial charge in [0.25, 0.3) is 0 Å². The molecule has 0 aliphatic rings. The summed E-state index contributed by atoms with van der Waals surface area (Å²) < 4.78 is 27.7. The summed E-state index contributed by atoms with van der Waals surface area (Å²) in [6, 6.07) is 14.8. The second-order valence-electron chi connectivity index (χ2n) is 6.42. The topological polar surface area (TPSA) is 25.8 Å². The van der Waals surface area contributed by atoms with Gasteiger partial charge in [0.2, 0.25) is 0 Å². The van der Waals surface area contributed by atoms with Crippen LogP contribution in [-0.2, 0) is 6.42 Å². The van der Waals surface area contributed by atoms with Crippen LogP contribution in [0, 0.1) is 23.5 Å². The zero-order valence-corrected chi connectivity index (χ0v) is 15.2. The highest BCUT2D eigenvalue weighted by Gasteiger charge is 2.06. The number of hydrogen-bond donors (Lipinski definition) is 0. The third-order valence-electron chi connectivity index (χ3n) is 4.48. The van der Waals surface area contributed by atoms with Crippen molar-refractivity contribution in [1.29, 1.82) is 0 Å². The van der Waals surface area contributed by atoms with Crippen molar-refractivity contribution in [3.05, 3.63) is 95.3 Å². The van der Waals surface area contributed by atoms with Gasteiger partial charge >= 0.3 is 0 Å². The van der Waals surface area contributed by atoms with E-state index in [0.717, 1.165) is 28.3 Å². The summed E-state index contributed by atoms with van der Waals surface area (Å²) in [6.07, 6.45) is 4.35. The van der Waals surface area contributed by atoms with Crippen molar-refractivity contribution in [1.82, 2.24) is 9.97 Å². The lowest BCUT2D eigenvalue weighted by atomic mass is 10.1. The third-order valence-corrected chi connectivity index (χ3v) is 4.48. The summed E-state index contributed by atoms with van der Waals surface area (Å²) in [5, 5.41) is 1.69. The molecule has 0 aliphatic carbocycles. The van der Waals surface area contributed by atoms with Gasteiger partial charge in [-0.15, -0.1) is 0 Å². The first-order valence-electron chi connectivity index (χ1n) is 8.94. The molecule has 0 spiro atoms. The van der Waals surface area contributed by atoms with Crippen molar-refractivity contribution >= 4 is 10.8 Å². The molecule has 0 atom stereocenters. The highest BCUT2D eigenvalue weighted by molar-refractivity contribution is 5.84. The van der Waals surface area contributed by atoms with Crippen molar-refractivity contribution in [3.8, 4) is 23.2 Å². The van der Waals surface area contributed by atoms with Crippen LogP contribution in [-0.4, -0.2) is 9.97 Å². The quantitative estimate of drug-likeness (QED) is 0.433. The fourth-order valence-electron chi connectivity index (χ4n) is 2.88. The van der Waals surface area contributed by atoms with Gasteiger partial charge in [-0.2, -0.15) is 0 Å². The van der Waals surface area contributed by atoms with E-state index in [-0.39, 0.29) is 5.82 Å². The van der Waals surface area contributed by atoms with E-state index in [0.29, 0.717) is 17.0 Å². The Kier molecular flexibility index (Phi) is 4.82. The smallest absolute Gasteiger partial charge is 0.159 e. The number of fused-ring (bicyclic) bond motifs is 1. The molecule has 4 rings (SSSR count). The monoisotopic (exact) mass is 370 g/mol. The van der Waals surface area contributed by atoms with Gasteiger partial charge in [0, 0.05) is 23.5 Å². The Morgan fingerprint density at radius 2 is 1.57 bits per heavy atom. The van der Waals surface area contributed by atoms with E-state index >= 15 is 0 Å². The van der Waals surface area contributed by atoms with Gasteiger partial charge in [-0.05, 0) is 65.2 Å². The largest absolute Gasteiger partial charge is 0.236 e. The van der Waals surface area contributed by atoms with Gasteiger partial charge in [-0.3, -0.25) is 0 Å². The van der Waals surface area contributed by atoms with Crippen molar-refractivity contribution in [2.75, 3.05) is 0 Å². The zero-order valence-electron chi connectivity index (χ0n) is 15.2. The van der Waals surface area contributed by atoms with E-state index in [4.69, 9.17) is 0 Å². The molecule has 4 heteroatoms. The van der Waals surface area contributed by atoms with E-state index in [1.54, 1.807) is 42.7 Å². The van der Waals surface area contributed by atoms with E-state index in [9.17, 15) is 8.78 Å². The number of halogens is 2. The first-order valence-corrected chi connectivity index (χ1v) is 8.94. The molecule has 0 unspecified atom stereocenters. The van der Waals surface area contributed by atoms with Crippen molar-refractivity contribution < 1.29 is 8.78 Å². The van der Waals surface area contributed by atoms with Crippen LogP contribution in [0.3, 0.4) is 0 Å². The fourth-order valence-corrected chi connectivity index (χ4v) is 2.88. The van der Waals surface area contributed by atoms with Crippen LogP contribution < -0.4 is 0 Å². The molecule has 4 aromatic rings. The lowest BCUT2D eigenvalue weighted by Crippen LogP contribution is -1.93. The SMILES string of the molecule is CCc1cnc(-c2ccc(C#Cc3ccc4cc(F)ccc4c3)c(F)c2)nc1. The molecule has 0 aliphatic heterocycles. The number of aromatic nitrogens is 2. The lowest BCUT2D eigenvalue weighted by molar-refractivity contribution is 0.624.